The van der Waals surface area contributed by atoms with Gasteiger partial charge in [-0.05, 0) is 30.4 Å². The highest BCUT2D eigenvalue weighted by Crippen LogP contribution is 2.49. The molecule has 2 unspecified atom stereocenters. The molecule has 3 rings (SSSR count). The largest absolute Gasteiger partial charge is 0.497 e. The van der Waals surface area contributed by atoms with Crippen molar-refractivity contribution in [1.82, 2.24) is 0 Å². The van der Waals surface area contributed by atoms with Gasteiger partial charge in [-0.3, -0.25) is 4.79 Å². The Hall–Kier alpha value is -1.42. The number of nitrogens with two attached hydrogens (primary N) is 1. The van der Waals surface area contributed by atoms with Crippen LogP contribution in [0.25, 0.3) is 0 Å². The summed E-state index contributed by atoms with van der Waals surface area (Å²) in [5.41, 5.74) is 7.16. The van der Waals surface area contributed by atoms with Crippen LogP contribution in [0.2, 0.25) is 0 Å². The van der Waals surface area contributed by atoms with Crippen molar-refractivity contribution < 1.29 is 9.53 Å². The van der Waals surface area contributed by atoms with Gasteiger partial charge in [-0.1, -0.05) is 32.1 Å². The number of amides is 1. The molecule has 0 aliphatic heterocycles. The van der Waals surface area contributed by atoms with Crippen molar-refractivity contribution in [1.29, 1.82) is 0 Å². The lowest BCUT2D eigenvalue weighted by molar-refractivity contribution is -0.117. The number of anilines is 2. The third kappa shape index (κ3) is 3.67. The molecule has 0 saturated heterocycles. The first-order valence-corrected chi connectivity index (χ1v) is 7.93. The Kier molecular flexibility index (Phi) is 5.57. The summed E-state index contributed by atoms with van der Waals surface area (Å²) in [5.74, 6) is 2.36. The molecule has 3 N–H and O–H groups in total. The van der Waals surface area contributed by atoms with E-state index in [1.165, 1.54) is 32.1 Å². The average Bonchev–Trinajstić information content (AvgIpc) is 3.31. The van der Waals surface area contributed by atoms with Gasteiger partial charge in [0.2, 0.25) is 5.91 Å². The lowest BCUT2D eigenvalue weighted by atomic mass is 9.85. The first-order chi connectivity index (χ1) is 10.2. The van der Waals surface area contributed by atoms with Gasteiger partial charge in [-0.25, -0.2) is 0 Å². The maximum absolute atomic E-state index is 12.4. The van der Waals surface area contributed by atoms with Gasteiger partial charge in [0, 0.05) is 12.0 Å². The van der Waals surface area contributed by atoms with Crippen LogP contribution in [0.5, 0.6) is 5.75 Å². The number of hydrogen-bond acceptors (Lipinski definition) is 3. The number of benzene rings is 1. The Labute approximate surface area is 138 Å². The van der Waals surface area contributed by atoms with E-state index in [-0.39, 0.29) is 24.2 Å². The molecule has 22 heavy (non-hydrogen) atoms. The Morgan fingerprint density at radius 1 is 1.27 bits per heavy atom. The van der Waals surface area contributed by atoms with Crippen molar-refractivity contribution in [2.75, 3.05) is 18.2 Å². The fourth-order valence-corrected chi connectivity index (χ4v) is 3.60. The maximum Gasteiger partial charge on any atom is 0.227 e. The van der Waals surface area contributed by atoms with Crippen LogP contribution >= 0.6 is 12.4 Å². The van der Waals surface area contributed by atoms with Crippen LogP contribution in [0.15, 0.2) is 18.2 Å². The van der Waals surface area contributed by atoms with Gasteiger partial charge in [0.15, 0.2) is 0 Å². The van der Waals surface area contributed by atoms with E-state index in [4.69, 9.17) is 10.5 Å². The van der Waals surface area contributed by atoms with Crippen LogP contribution in [-0.2, 0) is 4.79 Å². The highest BCUT2D eigenvalue weighted by Gasteiger charge is 2.47. The number of ether oxygens (including phenoxy) is 1. The molecule has 0 aromatic heterocycles. The molecule has 5 heteroatoms. The number of nitrogen functional groups attached to an aromatic ring is 1. The summed E-state index contributed by atoms with van der Waals surface area (Å²) in [6.07, 6.45) is 7.67. The minimum atomic E-state index is 0. The molecule has 2 aliphatic carbocycles. The van der Waals surface area contributed by atoms with E-state index in [9.17, 15) is 4.79 Å². The number of nitrogens with one attached hydrogen (secondary N) is 1. The van der Waals surface area contributed by atoms with Crippen LogP contribution in [0, 0.1) is 17.8 Å². The van der Waals surface area contributed by atoms with Gasteiger partial charge in [-0.15, -0.1) is 12.4 Å². The van der Waals surface area contributed by atoms with Gasteiger partial charge in [-0.2, -0.15) is 0 Å². The molecule has 2 saturated carbocycles. The van der Waals surface area contributed by atoms with Gasteiger partial charge in [0.25, 0.3) is 0 Å². The Bertz CT molecular complexity index is 529. The zero-order valence-electron chi connectivity index (χ0n) is 13.0. The SMILES string of the molecule is COc1ccc(N)c(NC(=O)C2CC2C2CCCCC2)c1.Cl. The third-order valence-electron chi connectivity index (χ3n) is 4.95. The summed E-state index contributed by atoms with van der Waals surface area (Å²) >= 11 is 0. The third-order valence-corrected chi connectivity index (χ3v) is 4.95. The fourth-order valence-electron chi connectivity index (χ4n) is 3.60. The number of methoxy groups -OCH3 is 1. The van der Waals surface area contributed by atoms with E-state index in [1.807, 2.05) is 0 Å². The fraction of sp³-hybridized carbons (Fsp3) is 0.588. The predicted molar refractivity (Wildman–Crippen MR) is 91.5 cm³/mol. The summed E-state index contributed by atoms with van der Waals surface area (Å²) in [6, 6.07) is 5.35. The first-order valence-electron chi connectivity index (χ1n) is 7.93. The van der Waals surface area contributed by atoms with E-state index in [1.54, 1.807) is 25.3 Å². The van der Waals surface area contributed by atoms with E-state index in [0.717, 1.165) is 12.3 Å². The van der Waals surface area contributed by atoms with Crippen LogP contribution in [-0.4, -0.2) is 13.0 Å². The summed E-state index contributed by atoms with van der Waals surface area (Å²) in [7, 11) is 1.61. The Morgan fingerprint density at radius 2 is 2.00 bits per heavy atom. The van der Waals surface area contributed by atoms with Crippen molar-refractivity contribution in [3.8, 4) is 5.75 Å². The summed E-state index contributed by atoms with van der Waals surface area (Å²) < 4.78 is 5.18. The summed E-state index contributed by atoms with van der Waals surface area (Å²) in [6.45, 7) is 0. The molecule has 0 radical (unpaired) electrons. The highest BCUT2D eigenvalue weighted by atomic mass is 35.5. The second-order valence-electron chi connectivity index (χ2n) is 6.35. The lowest BCUT2D eigenvalue weighted by Crippen LogP contribution is -2.18. The van der Waals surface area contributed by atoms with Crippen LogP contribution < -0.4 is 15.8 Å². The second kappa shape index (κ2) is 7.23. The normalized spacial score (nSPS) is 24.2. The van der Waals surface area contributed by atoms with Gasteiger partial charge in [0.1, 0.15) is 5.75 Å². The second-order valence-corrected chi connectivity index (χ2v) is 6.35. The number of carbonyl (C=O) groups excluding carboxylic acids is 1. The Morgan fingerprint density at radius 3 is 2.68 bits per heavy atom. The van der Waals surface area contributed by atoms with E-state index < -0.39 is 0 Å². The molecule has 122 valence electrons. The van der Waals surface area contributed by atoms with Crippen LogP contribution in [0.4, 0.5) is 11.4 Å². The first kappa shape index (κ1) is 16.9. The van der Waals surface area contributed by atoms with Crippen molar-refractivity contribution in [3.05, 3.63) is 18.2 Å². The van der Waals surface area contributed by atoms with Crippen molar-refractivity contribution in [2.45, 2.75) is 38.5 Å². The molecule has 0 spiro atoms. The minimum Gasteiger partial charge on any atom is -0.497 e. The van der Waals surface area contributed by atoms with Crippen LogP contribution in [0.1, 0.15) is 38.5 Å². The quantitative estimate of drug-likeness (QED) is 0.827. The summed E-state index contributed by atoms with van der Waals surface area (Å²) in [4.78, 5) is 12.4. The molecular weight excluding hydrogens is 300 g/mol. The molecular formula is C17H25ClN2O2. The molecule has 2 aliphatic rings. The molecule has 1 aromatic carbocycles. The van der Waals surface area contributed by atoms with E-state index in [0.29, 0.717) is 23.0 Å². The number of carbonyl (C=O) groups is 1. The standard InChI is InChI=1S/C17H24N2O2.ClH/c1-21-12-7-8-15(18)16(9-12)19-17(20)14-10-13(14)11-5-3-2-4-6-11;/h7-9,11,13-14H,2-6,10,18H2,1H3,(H,19,20);1H. The smallest absolute Gasteiger partial charge is 0.227 e. The zero-order valence-corrected chi connectivity index (χ0v) is 13.8. The molecule has 1 aromatic rings. The minimum absolute atomic E-state index is 0. The van der Waals surface area contributed by atoms with Gasteiger partial charge in [0.05, 0.1) is 18.5 Å². The van der Waals surface area contributed by atoms with Crippen LogP contribution in [0.3, 0.4) is 0 Å². The number of halogens is 1. The molecule has 4 nitrogen and oxygen atoms in total. The molecule has 2 fully saturated rings. The lowest BCUT2D eigenvalue weighted by Gasteiger charge is -2.21. The predicted octanol–water partition coefficient (Wildman–Crippen LogP) is 3.85. The van der Waals surface area contributed by atoms with Gasteiger partial charge >= 0.3 is 0 Å². The number of rotatable bonds is 4. The molecule has 0 heterocycles. The highest BCUT2D eigenvalue weighted by molar-refractivity contribution is 5.97. The monoisotopic (exact) mass is 324 g/mol. The molecule has 0 bridgehead atoms. The average molecular weight is 325 g/mol. The van der Waals surface area contributed by atoms with E-state index in [2.05, 4.69) is 5.32 Å². The maximum atomic E-state index is 12.4. The molecule has 2 atom stereocenters. The topological polar surface area (TPSA) is 64.3 Å². The van der Waals surface area contributed by atoms with Crippen molar-refractivity contribution >= 4 is 29.7 Å². The van der Waals surface area contributed by atoms with Gasteiger partial charge < -0.3 is 15.8 Å². The summed E-state index contributed by atoms with van der Waals surface area (Å²) in [5, 5.41) is 2.97. The Balaban J connectivity index is 0.00000176. The van der Waals surface area contributed by atoms with Crippen molar-refractivity contribution in [2.24, 2.45) is 17.8 Å². The number of hydrogen-bond donors (Lipinski definition) is 2. The molecule has 1 amide bonds. The van der Waals surface area contributed by atoms with Crippen molar-refractivity contribution in [3.63, 3.8) is 0 Å². The zero-order chi connectivity index (χ0) is 14.8. The van der Waals surface area contributed by atoms with E-state index >= 15 is 0 Å².